The van der Waals surface area contributed by atoms with E-state index in [0.29, 0.717) is 27.1 Å². The molecule has 1 N–H and O–H groups in total. The van der Waals surface area contributed by atoms with Crippen molar-refractivity contribution in [2.45, 2.75) is 6.92 Å². The van der Waals surface area contributed by atoms with Gasteiger partial charge in [-0.3, -0.25) is 14.9 Å². The van der Waals surface area contributed by atoms with E-state index in [2.05, 4.69) is 10.5 Å². The molecule has 10 heteroatoms. The zero-order valence-corrected chi connectivity index (χ0v) is 17.1. The Hall–Kier alpha value is -3.36. The fraction of sp³-hybridized carbons (Fsp3) is 0.100. The summed E-state index contributed by atoms with van der Waals surface area (Å²) in [4.78, 5) is 22.4. The maximum Gasteiger partial charge on any atom is 0.311 e. The van der Waals surface area contributed by atoms with Crippen molar-refractivity contribution >= 4 is 41.0 Å². The van der Waals surface area contributed by atoms with Crippen molar-refractivity contribution in [2.24, 2.45) is 5.10 Å². The molecule has 1 amide bonds. The van der Waals surface area contributed by atoms with Gasteiger partial charge in [0.15, 0.2) is 12.4 Å². The number of nitro benzene ring substituents is 1. The van der Waals surface area contributed by atoms with Gasteiger partial charge in [0, 0.05) is 11.6 Å². The number of nitro groups is 1. The predicted octanol–water partition coefficient (Wildman–Crippen LogP) is 5.00. The number of benzene rings is 2. The van der Waals surface area contributed by atoms with E-state index < -0.39 is 17.4 Å². The van der Waals surface area contributed by atoms with Crippen LogP contribution in [-0.4, -0.2) is 23.7 Å². The third-order valence-electron chi connectivity index (χ3n) is 3.88. The lowest BCUT2D eigenvalue weighted by Crippen LogP contribution is -2.24. The number of amides is 1. The van der Waals surface area contributed by atoms with Crippen molar-refractivity contribution in [1.29, 1.82) is 0 Å². The monoisotopic (exact) mass is 447 g/mol. The molecule has 1 heterocycles. The molecule has 2 aromatic carbocycles. The molecule has 8 nitrogen and oxygen atoms in total. The number of hydrogen-bond acceptors (Lipinski definition) is 6. The molecule has 1 aromatic heterocycles. The maximum atomic E-state index is 11.9. The smallest absolute Gasteiger partial charge is 0.311 e. The Kier molecular flexibility index (Phi) is 6.71. The second-order valence-electron chi connectivity index (χ2n) is 6.14. The molecule has 0 aliphatic rings. The van der Waals surface area contributed by atoms with Gasteiger partial charge in [-0.15, -0.1) is 0 Å². The number of halogens is 2. The zero-order chi connectivity index (χ0) is 21.7. The summed E-state index contributed by atoms with van der Waals surface area (Å²) < 4.78 is 10.8. The second kappa shape index (κ2) is 9.43. The molecule has 154 valence electrons. The first-order chi connectivity index (χ1) is 14.3. The molecule has 0 saturated carbocycles. The average molecular weight is 448 g/mol. The average Bonchev–Trinajstić information content (AvgIpc) is 3.18. The molecule has 0 bridgehead atoms. The van der Waals surface area contributed by atoms with Crippen LogP contribution in [0.1, 0.15) is 11.3 Å². The number of carbonyl (C=O) groups is 1. The molecule has 30 heavy (non-hydrogen) atoms. The first kappa shape index (κ1) is 21.4. The molecule has 0 atom stereocenters. The molecule has 0 radical (unpaired) electrons. The van der Waals surface area contributed by atoms with Gasteiger partial charge in [-0.25, -0.2) is 5.43 Å². The predicted molar refractivity (Wildman–Crippen MR) is 113 cm³/mol. The number of furan rings is 1. The molecule has 0 unspecified atom stereocenters. The van der Waals surface area contributed by atoms with Crippen molar-refractivity contribution < 1.29 is 18.9 Å². The van der Waals surface area contributed by atoms with Gasteiger partial charge >= 0.3 is 5.69 Å². The number of ether oxygens (including phenoxy) is 1. The van der Waals surface area contributed by atoms with Crippen LogP contribution in [0.3, 0.4) is 0 Å². The third-order valence-corrected chi connectivity index (χ3v) is 4.62. The highest BCUT2D eigenvalue weighted by Gasteiger charge is 2.16. The fourth-order valence-corrected chi connectivity index (χ4v) is 2.76. The Balaban J connectivity index is 1.56. The van der Waals surface area contributed by atoms with Crippen molar-refractivity contribution in [1.82, 2.24) is 5.43 Å². The quantitative estimate of drug-likeness (QED) is 0.311. The first-order valence-corrected chi connectivity index (χ1v) is 9.34. The summed E-state index contributed by atoms with van der Waals surface area (Å²) in [5, 5.41) is 15.7. The molecule has 0 aliphatic heterocycles. The Bertz CT molecular complexity index is 1130. The Morgan fingerprint density at radius 1 is 1.20 bits per heavy atom. The van der Waals surface area contributed by atoms with Crippen LogP contribution in [0.25, 0.3) is 11.3 Å². The van der Waals surface area contributed by atoms with E-state index >= 15 is 0 Å². The van der Waals surface area contributed by atoms with Crippen LogP contribution in [0.15, 0.2) is 58.0 Å². The molecule has 3 rings (SSSR count). The van der Waals surface area contributed by atoms with E-state index in [-0.39, 0.29) is 11.4 Å². The number of rotatable bonds is 7. The van der Waals surface area contributed by atoms with E-state index in [1.807, 2.05) is 0 Å². The molecule has 0 aliphatic carbocycles. The Morgan fingerprint density at radius 2 is 2.00 bits per heavy atom. The largest absolute Gasteiger partial charge is 0.477 e. The van der Waals surface area contributed by atoms with Gasteiger partial charge in [-0.1, -0.05) is 29.3 Å². The van der Waals surface area contributed by atoms with E-state index in [0.717, 1.165) is 5.56 Å². The van der Waals surface area contributed by atoms with Gasteiger partial charge in [0.25, 0.3) is 5.91 Å². The van der Waals surface area contributed by atoms with Crippen LogP contribution in [-0.2, 0) is 4.79 Å². The molecule has 0 spiro atoms. The third kappa shape index (κ3) is 5.37. The van der Waals surface area contributed by atoms with Crippen LogP contribution < -0.4 is 10.2 Å². The molecular weight excluding hydrogens is 433 g/mol. The Labute approximate surface area is 181 Å². The SMILES string of the molecule is Cc1ccc(OCC(=O)N/N=C/c2ccc(-c3ccc(Cl)c(Cl)c3)o2)c([N+](=O)[O-])c1. The minimum atomic E-state index is -0.586. The Morgan fingerprint density at radius 3 is 2.73 bits per heavy atom. The number of aryl methyl sites for hydroxylation is 1. The summed E-state index contributed by atoms with van der Waals surface area (Å²) in [7, 11) is 0. The van der Waals surface area contributed by atoms with Crippen LogP contribution in [0.4, 0.5) is 5.69 Å². The summed E-state index contributed by atoms with van der Waals surface area (Å²) in [6, 6.07) is 13.0. The van der Waals surface area contributed by atoms with Gasteiger partial charge < -0.3 is 9.15 Å². The summed E-state index contributed by atoms with van der Waals surface area (Å²) in [5.41, 5.74) is 3.50. The number of nitrogens with one attached hydrogen (secondary N) is 1. The number of carbonyl (C=O) groups excluding carboxylic acids is 1. The highest BCUT2D eigenvalue weighted by Crippen LogP contribution is 2.29. The van der Waals surface area contributed by atoms with Crippen molar-refractivity contribution in [3.63, 3.8) is 0 Å². The van der Waals surface area contributed by atoms with Crippen LogP contribution >= 0.6 is 23.2 Å². The van der Waals surface area contributed by atoms with Crippen LogP contribution in [0.5, 0.6) is 5.75 Å². The highest BCUT2D eigenvalue weighted by atomic mass is 35.5. The van der Waals surface area contributed by atoms with Gasteiger partial charge in [0.2, 0.25) is 0 Å². The molecule has 0 saturated heterocycles. The van der Waals surface area contributed by atoms with Gasteiger partial charge in [0.1, 0.15) is 11.5 Å². The van der Waals surface area contributed by atoms with Gasteiger partial charge in [0.05, 0.1) is 21.2 Å². The normalized spacial score (nSPS) is 10.9. The van der Waals surface area contributed by atoms with E-state index in [9.17, 15) is 14.9 Å². The molecule has 0 fully saturated rings. The standard InChI is InChI=1S/C20H15Cl2N3O5/c1-12-2-6-19(17(8-12)25(27)28)29-11-20(26)24-23-10-14-4-7-18(30-14)13-3-5-15(21)16(22)9-13/h2-10H,11H2,1H3,(H,24,26)/b23-10+. The van der Waals surface area contributed by atoms with E-state index in [4.69, 9.17) is 32.4 Å². The minimum absolute atomic E-state index is 0.00188. The maximum absolute atomic E-state index is 11.9. The first-order valence-electron chi connectivity index (χ1n) is 8.58. The zero-order valence-electron chi connectivity index (χ0n) is 15.6. The van der Waals surface area contributed by atoms with E-state index in [1.54, 1.807) is 43.3 Å². The topological polar surface area (TPSA) is 107 Å². The number of hydrazone groups is 1. The number of nitrogens with zero attached hydrogens (tertiary/aromatic N) is 2. The lowest BCUT2D eigenvalue weighted by atomic mass is 10.2. The highest BCUT2D eigenvalue weighted by molar-refractivity contribution is 6.42. The molecular formula is C20H15Cl2N3O5. The lowest BCUT2D eigenvalue weighted by molar-refractivity contribution is -0.385. The van der Waals surface area contributed by atoms with Crippen molar-refractivity contribution in [3.05, 3.63) is 80.0 Å². The van der Waals surface area contributed by atoms with Gasteiger partial charge in [-0.2, -0.15) is 5.10 Å². The van der Waals surface area contributed by atoms with Crippen LogP contribution in [0.2, 0.25) is 10.0 Å². The van der Waals surface area contributed by atoms with Gasteiger partial charge in [-0.05, 0) is 48.9 Å². The summed E-state index contributed by atoms with van der Waals surface area (Å²) >= 11 is 11.9. The molecule has 3 aromatic rings. The number of hydrogen-bond donors (Lipinski definition) is 1. The summed E-state index contributed by atoms with van der Waals surface area (Å²) in [6.45, 7) is 1.29. The fourth-order valence-electron chi connectivity index (χ4n) is 2.46. The van der Waals surface area contributed by atoms with Crippen molar-refractivity contribution in [3.8, 4) is 17.1 Å². The van der Waals surface area contributed by atoms with E-state index in [1.165, 1.54) is 18.3 Å². The van der Waals surface area contributed by atoms with Crippen LogP contribution in [0, 0.1) is 17.0 Å². The van der Waals surface area contributed by atoms with Crippen molar-refractivity contribution in [2.75, 3.05) is 6.61 Å². The second-order valence-corrected chi connectivity index (χ2v) is 6.96. The lowest BCUT2D eigenvalue weighted by Gasteiger charge is -2.06. The minimum Gasteiger partial charge on any atom is -0.477 e. The summed E-state index contributed by atoms with van der Waals surface area (Å²) in [6.07, 6.45) is 1.31. The summed E-state index contributed by atoms with van der Waals surface area (Å²) in [5.74, 6) is 0.363.